The molecule has 1 aromatic carbocycles. The topological polar surface area (TPSA) is 45.8 Å². The highest BCUT2D eigenvalue weighted by atomic mass is 79.9. The molecule has 0 radical (unpaired) electrons. The van der Waals surface area contributed by atoms with Crippen molar-refractivity contribution in [3.05, 3.63) is 38.3 Å². The third kappa shape index (κ3) is 1.35. The molecule has 0 aliphatic carbocycles. The van der Waals surface area contributed by atoms with Crippen molar-refractivity contribution in [3.8, 4) is 0 Å². The van der Waals surface area contributed by atoms with Gasteiger partial charge in [-0.15, -0.1) is 0 Å². The molecule has 0 aliphatic rings. The van der Waals surface area contributed by atoms with Crippen LogP contribution in [0.4, 0.5) is 0 Å². The van der Waals surface area contributed by atoms with E-state index in [9.17, 15) is 4.79 Å². The number of nitrogens with zero attached hydrogens (tertiary/aromatic N) is 1. The lowest BCUT2D eigenvalue weighted by Gasteiger charge is -2.03. The van der Waals surface area contributed by atoms with Crippen molar-refractivity contribution in [2.45, 2.75) is 13.8 Å². The van der Waals surface area contributed by atoms with E-state index in [1.807, 2.05) is 19.1 Å². The van der Waals surface area contributed by atoms with E-state index in [1.54, 1.807) is 6.92 Å². The van der Waals surface area contributed by atoms with Crippen molar-refractivity contribution in [3.63, 3.8) is 0 Å². The summed E-state index contributed by atoms with van der Waals surface area (Å²) < 4.78 is 0.784. The number of nitrogens with one attached hydrogen (secondary N) is 1. The number of aromatic amines is 1. The van der Waals surface area contributed by atoms with E-state index >= 15 is 0 Å². The van der Waals surface area contributed by atoms with Crippen molar-refractivity contribution in [1.82, 2.24) is 9.97 Å². The summed E-state index contributed by atoms with van der Waals surface area (Å²) in [5, 5.41) is 0.621. The maximum absolute atomic E-state index is 11.6. The number of hydrogen-bond acceptors (Lipinski definition) is 2. The summed E-state index contributed by atoms with van der Waals surface area (Å²) in [4.78, 5) is 18.6. The van der Waals surface area contributed by atoms with Crippen molar-refractivity contribution < 1.29 is 0 Å². The molecule has 1 N–H and O–H groups in total. The van der Waals surface area contributed by atoms with Crippen LogP contribution in [0.5, 0.6) is 0 Å². The van der Waals surface area contributed by atoms with E-state index in [0.29, 0.717) is 11.2 Å². The molecule has 0 unspecified atom stereocenters. The average molecular weight is 253 g/mol. The largest absolute Gasteiger partial charge is 0.310 e. The van der Waals surface area contributed by atoms with E-state index < -0.39 is 0 Å². The molecule has 0 bridgehead atoms. The van der Waals surface area contributed by atoms with Crippen molar-refractivity contribution in [1.29, 1.82) is 0 Å². The molecule has 0 spiro atoms. The summed E-state index contributed by atoms with van der Waals surface area (Å²) in [6.07, 6.45) is 0. The number of aryl methyl sites for hydroxylation is 2. The summed E-state index contributed by atoms with van der Waals surface area (Å²) in [7, 11) is 0. The maximum atomic E-state index is 11.6. The fraction of sp³-hybridized carbons (Fsp3) is 0.200. The Morgan fingerprint density at radius 1 is 1.36 bits per heavy atom. The van der Waals surface area contributed by atoms with E-state index in [-0.39, 0.29) is 5.56 Å². The van der Waals surface area contributed by atoms with Crippen LogP contribution in [0.1, 0.15) is 11.4 Å². The van der Waals surface area contributed by atoms with Gasteiger partial charge in [0.1, 0.15) is 5.82 Å². The summed E-state index contributed by atoms with van der Waals surface area (Å²) in [5.74, 6) is 0.642. The van der Waals surface area contributed by atoms with Gasteiger partial charge >= 0.3 is 0 Å². The van der Waals surface area contributed by atoms with Gasteiger partial charge in [0, 0.05) is 4.47 Å². The van der Waals surface area contributed by atoms with Gasteiger partial charge < -0.3 is 4.98 Å². The van der Waals surface area contributed by atoms with E-state index in [1.165, 1.54) is 0 Å². The predicted molar refractivity (Wildman–Crippen MR) is 59.5 cm³/mol. The molecule has 4 heteroatoms. The zero-order valence-electron chi connectivity index (χ0n) is 7.89. The lowest BCUT2D eigenvalue weighted by atomic mass is 10.1. The number of aromatic nitrogens is 2. The fourth-order valence-corrected chi connectivity index (χ4v) is 1.95. The first-order valence-electron chi connectivity index (χ1n) is 4.25. The molecular formula is C10H9BrN2O. The second-order valence-electron chi connectivity index (χ2n) is 3.24. The fourth-order valence-electron chi connectivity index (χ4n) is 1.45. The van der Waals surface area contributed by atoms with Gasteiger partial charge in [0.05, 0.1) is 10.9 Å². The highest BCUT2D eigenvalue weighted by Gasteiger charge is 2.07. The first-order valence-corrected chi connectivity index (χ1v) is 5.04. The van der Waals surface area contributed by atoms with Crippen LogP contribution < -0.4 is 5.56 Å². The Kier molecular flexibility index (Phi) is 2.15. The predicted octanol–water partition coefficient (Wildman–Crippen LogP) is 2.30. The summed E-state index contributed by atoms with van der Waals surface area (Å²) >= 11 is 3.35. The number of halogens is 1. The summed E-state index contributed by atoms with van der Waals surface area (Å²) in [6.45, 7) is 3.72. The van der Waals surface area contributed by atoms with Gasteiger partial charge in [-0.3, -0.25) is 4.79 Å². The number of rotatable bonds is 0. The van der Waals surface area contributed by atoms with Crippen LogP contribution in [0.25, 0.3) is 10.9 Å². The van der Waals surface area contributed by atoms with Crippen LogP contribution in [-0.4, -0.2) is 9.97 Å². The first kappa shape index (κ1) is 9.40. The zero-order valence-corrected chi connectivity index (χ0v) is 9.47. The van der Waals surface area contributed by atoms with Gasteiger partial charge in [-0.05, 0) is 41.4 Å². The molecule has 14 heavy (non-hydrogen) atoms. The molecule has 2 aromatic rings. The molecule has 0 atom stereocenters. The maximum Gasteiger partial charge on any atom is 0.259 e. The standard InChI is InChI=1S/C10H9BrN2O/c1-5-3-4-7(11)8-9(5)12-6(2)13-10(8)14/h3-4H,1-2H3,(H,12,13,14). The quantitative estimate of drug-likeness (QED) is 0.782. The number of benzene rings is 1. The van der Waals surface area contributed by atoms with Gasteiger partial charge in [0.2, 0.25) is 0 Å². The smallest absolute Gasteiger partial charge is 0.259 e. The third-order valence-electron chi connectivity index (χ3n) is 2.13. The minimum absolute atomic E-state index is 0.0944. The molecule has 1 heterocycles. The van der Waals surface area contributed by atoms with Gasteiger partial charge in [-0.25, -0.2) is 4.98 Å². The monoisotopic (exact) mass is 252 g/mol. The number of H-pyrrole nitrogens is 1. The Hall–Kier alpha value is -1.16. The third-order valence-corrected chi connectivity index (χ3v) is 2.79. The Morgan fingerprint density at radius 2 is 2.07 bits per heavy atom. The molecule has 0 saturated carbocycles. The van der Waals surface area contributed by atoms with E-state index in [0.717, 1.165) is 15.6 Å². The molecule has 0 amide bonds. The molecule has 0 saturated heterocycles. The Bertz CT molecular complexity index is 560. The number of hydrogen-bond donors (Lipinski definition) is 1. The van der Waals surface area contributed by atoms with Crippen LogP contribution in [0.2, 0.25) is 0 Å². The first-order chi connectivity index (χ1) is 6.59. The highest BCUT2D eigenvalue weighted by molar-refractivity contribution is 9.10. The molecular weight excluding hydrogens is 244 g/mol. The van der Waals surface area contributed by atoms with Crippen molar-refractivity contribution in [2.24, 2.45) is 0 Å². The second-order valence-corrected chi connectivity index (χ2v) is 4.09. The second kappa shape index (κ2) is 3.20. The average Bonchev–Trinajstić information content (AvgIpc) is 2.10. The zero-order chi connectivity index (χ0) is 10.3. The molecule has 0 fully saturated rings. The van der Waals surface area contributed by atoms with E-state index in [4.69, 9.17) is 0 Å². The van der Waals surface area contributed by atoms with Gasteiger partial charge in [-0.1, -0.05) is 6.07 Å². The van der Waals surface area contributed by atoms with Crippen LogP contribution in [0, 0.1) is 13.8 Å². The minimum Gasteiger partial charge on any atom is -0.310 e. The Labute approximate surface area is 89.3 Å². The normalized spacial score (nSPS) is 10.8. The highest BCUT2D eigenvalue weighted by Crippen LogP contribution is 2.21. The lowest BCUT2D eigenvalue weighted by molar-refractivity contribution is 1.05. The Morgan fingerprint density at radius 3 is 2.79 bits per heavy atom. The SMILES string of the molecule is Cc1nc2c(C)ccc(Br)c2c(=O)[nH]1. The molecule has 1 aromatic heterocycles. The van der Waals surface area contributed by atoms with Crippen molar-refractivity contribution >= 4 is 26.8 Å². The molecule has 0 aliphatic heterocycles. The molecule has 2 rings (SSSR count). The van der Waals surface area contributed by atoms with E-state index in [2.05, 4.69) is 25.9 Å². The van der Waals surface area contributed by atoms with Gasteiger partial charge in [0.25, 0.3) is 5.56 Å². The summed E-state index contributed by atoms with van der Waals surface area (Å²) in [6, 6.07) is 3.81. The molecule has 72 valence electrons. The summed E-state index contributed by atoms with van der Waals surface area (Å²) in [5.41, 5.74) is 1.68. The lowest BCUT2D eigenvalue weighted by Crippen LogP contribution is -2.10. The van der Waals surface area contributed by atoms with Crippen LogP contribution in [-0.2, 0) is 0 Å². The van der Waals surface area contributed by atoms with Crippen LogP contribution >= 0.6 is 15.9 Å². The minimum atomic E-state index is -0.0944. The van der Waals surface area contributed by atoms with Gasteiger partial charge in [-0.2, -0.15) is 0 Å². The van der Waals surface area contributed by atoms with Crippen LogP contribution in [0.3, 0.4) is 0 Å². The van der Waals surface area contributed by atoms with Crippen LogP contribution in [0.15, 0.2) is 21.4 Å². The Balaban J connectivity index is 3.08. The number of fused-ring (bicyclic) bond motifs is 1. The molecule has 3 nitrogen and oxygen atoms in total. The van der Waals surface area contributed by atoms with Gasteiger partial charge in [0.15, 0.2) is 0 Å². The van der Waals surface area contributed by atoms with Crippen molar-refractivity contribution in [2.75, 3.05) is 0 Å².